The van der Waals surface area contributed by atoms with Crippen LogP contribution in [-0.2, 0) is 10.2 Å². The van der Waals surface area contributed by atoms with Gasteiger partial charge in [0.15, 0.2) is 0 Å². The van der Waals surface area contributed by atoms with Crippen LogP contribution in [0.3, 0.4) is 0 Å². The quantitative estimate of drug-likeness (QED) is 0.536. The first-order valence-corrected chi connectivity index (χ1v) is 8.26. The number of thiol groups is 1. The third kappa shape index (κ3) is 2.72. The highest BCUT2D eigenvalue weighted by molar-refractivity contribution is 7.81. The van der Waals surface area contributed by atoms with Crippen molar-refractivity contribution in [2.24, 2.45) is 0 Å². The van der Waals surface area contributed by atoms with Gasteiger partial charge in [-0.15, -0.1) is 0 Å². The number of hydrogen-bond donors (Lipinski definition) is 2. The van der Waals surface area contributed by atoms with Crippen molar-refractivity contribution < 1.29 is 9.90 Å². The smallest absolute Gasteiger partial charge is 0.317 e. The molecule has 0 aliphatic heterocycles. The van der Waals surface area contributed by atoms with Crippen LogP contribution in [0, 0.1) is 0 Å². The molecule has 0 saturated carbocycles. The zero-order valence-corrected chi connectivity index (χ0v) is 13.9. The lowest BCUT2D eigenvalue weighted by Crippen LogP contribution is -2.43. The highest BCUT2D eigenvalue weighted by Gasteiger charge is 2.45. The fraction of sp³-hybridized carbons (Fsp3) is 0.0952. The maximum absolute atomic E-state index is 12.0. The summed E-state index contributed by atoms with van der Waals surface area (Å²) in [5.41, 5.74) is 1.85. The van der Waals surface area contributed by atoms with Crippen LogP contribution in [0.2, 0.25) is 0 Å². The lowest BCUT2D eigenvalue weighted by molar-refractivity contribution is -0.137. The van der Waals surface area contributed by atoms with E-state index in [1.807, 2.05) is 91.0 Å². The summed E-state index contributed by atoms with van der Waals surface area (Å²) in [6, 6.07) is 29.1. The lowest BCUT2D eigenvalue weighted by Gasteiger charge is -2.38. The van der Waals surface area contributed by atoms with E-state index in [0.717, 1.165) is 16.7 Å². The Morgan fingerprint density at radius 2 is 1.00 bits per heavy atom. The molecule has 0 amide bonds. The average Bonchev–Trinajstić information content (AvgIpc) is 2.65. The summed E-state index contributed by atoms with van der Waals surface area (Å²) < 4.78 is 0. The van der Waals surface area contributed by atoms with Gasteiger partial charge in [0.1, 0.15) is 5.25 Å². The van der Waals surface area contributed by atoms with Gasteiger partial charge in [-0.2, -0.15) is 12.6 Å². The van der Waals surface area contributed by atoms with Crippen molar-refractivity contribution in [3.8, 4) is 0 Å². The molecule has 3 aromatic carbocycles. The number of carbonyl (C=O) groups is 1. The van der Waals surface area contributed by atoms with Crippen LogP contribution >= 0.6 is 12.6 Å². The fourth-order valence-electron chi connectivity index (χ4n) is 3.26. The summed E-state index contributed by atoms with van der Waals surface area (Å²) >= 11 is 4.54. The Morgan fingerprint density at radius 1 is 0.708 bits per heavy atom. The van der Waals surface area contributed by atoms with Gasteiger partial charge in [0.25, 0.3) is 0 Å². The van der Waals surface area contributed by atoms with Crippen LogP contribution in [0.1, 0.15) is 16.7 Å². The molecule has 0 bridgehead atoms. The Bertz CT molecular complexity index is 704. The van der Waals surface area contributed by atoms with Crippen molar-refractivity contribution in [1.82, 2.24) is 0 Å². The minimum Gasteiger partial charge on any atom is -0.480 e. The van der Waals surface area contributed by atoms with Crippen molar-refractivity contribution in [2.45, 2.75) is 10.7 Å². The number of aliphatic carboxylic acids is 1. The Labute approximate surface area is 147 Å². The van der Waals surface area contributed by atoms with Gasteiger partial charge in [-0.3, -0.25) is 4.79 Å². The summed E-state index contributed by atoms with van der Waals surface area (Å²) in [7, 11) is 0. The van der Waals surface area contributed by atoms with Crippen LogP contribution in [0.15, 0.2) is 91.0 Å². The van der Waals surface area contributed by atoms with Crippen LogP contribution in [0.25, 0.3) is 0 Å². The molecule has 0 aliphatic rings. The highest BCUT2D eigenvalue weighted by Crippen LogP contribution is 2.44. The molecule has 0 saturated heterocycles. The predicted molar refractivity (Wildman–Crippen MR) is 99.6 cm³/mol. The van der Waals surface area contributed by atoms with Gasteiger partial charge in [0.05, 0.1) is 5.41 Å². The van der Waals surface area contributed by atoms with Gasteiger partial charge in [0, 0.05) is 0 Å². The molecule has 0 radical (unpaired) electrons. The zero-order valence-electron chi connectivity index (χ0n) is 13.0. The second-order valence-corrected chi connectivity index (χ2v) is 6.16. The van der Waals surface area contributed by atoms with Crippen molar-refractivity contribution >= 4 is 18.6 Å². The topological polar surface area (TPSA) is 37.3 Å². The first-order valence-electron chi connectivity index (χ1n) is 7.75. The molecule has 24 heavy (non-hydrogen) atoms. The van der Waals surface area contributed by atoms with Crippen LogP contribution in [-0.4, -0.2) is 16.3 Å². The monoisotopic (exact) mass is 334 g/mol. The molecule has 3 rings (SSSR count). The molecule has 120 valence electrons. The molecule has 2 nitrogen and oxygen atoms in total. The highest BCUT2D eigenvalue weighted by atomic mass is 32.1. The zero-order chi connectivity index (χ0) is 17.0. The lowest BCUT2D eigenvalue weighted by atomic mass is 9.67. The van der Waals surface area contributed by atoms with Crippen LogP contribution in [0.4, 0.5) is 0 Å². The Hall–Kier alpha value is -2.52. The number of carboxylic acid groups (broad SMARTS) is 1. The minimum atomic E-state index is -0.949. The van der Waals surface area contributed by atoms with Crippen LogP contribution < -0.4 is 0 Å². The third-order valence-corrected chi connectivity index (χ3v) is 4.94. The largest absolute Gasteiger partial charge is 0.480 e. The van der Waals surface area contributed by atoms with Crippen molar-refractivity contribution in [3.63, 3.8) is 0 Å². The second-order valence-electron chi connectivity index (χ2n) is 5.65. The van der Waals surface area contributed by atoms with Crippen molar-refractivity contribution in [2.75, 3.05) is 0 Å². The normalized spacial score (nSPS) is 12.5. The van der Waals surface area contributed by atoms with Crippen molar-refractivity contribution in [1.29, 1.82) is 0 Å². The van der Waals surface area contributed by atoms with E-state index in [-0.39, 0.29) is 0 Å². The molecular formula is C21H18O2S. The summed E-state index contributed by atoms with van der Waals surface area (Å²) in [6.07, 6.45) is 0. The van der Waals surface area contributed by atoms with E-state index < -0.39 is 16.6 Å². The minimum absolute atomic E-state index is 0.876. The Balaban J connectivity index is 2.39. The molecule has 0 heterocycles. The first-order chi connectivity index (χ1) is 11.7. The standard InChI is InChI=1S/C21H18O2S/c22-20(23)19(24)21(16-10-4-1-5-11-16,17-12-6-2-7-13-17)18-14-8-3-9-15-18/h1-15,19,24H,(H,22,23). The molecule has 0 spiro atoms. The summed E-state index contributed by atoms with van der Waals surface area (Å²) in [5, 5.41) is 8.90. The molecule has 0 aliphatic carbocycles. The number of benzene rings is 3. The SMILES string of the molecule is O=C(O)C(S)C(c1ccccc1)(c1ccccc1)c1ccccc1. The van der Waals surface area contributed by atoms with E-state index in [9.17, 15) is 9.90 Å². The molecule has 3 aromatic rings. The van der Waals surface area contributed by atoms with Gasteiger partial charge in [-0.1, -0.05) is 91.0 Å². The van der Waals surface area contributed by atoms with Gasteiger partial charge < -0.3 is 5.11 Å². The average molecular weight is 334 g/mol. The van der Waals surface area contributed by atoms with Gasteiger partial charge in [-0.25, -0.2) is 0 Å². The van der Waals surface area contributed by atoms with Crippen molar-refractivity contribution in [3.05, 3.63) is 108 Å². The molecule has 0 fully saturated rings. The molecule has 1 unspecified atom stereocenters. The molecule has 1 N–H and O–H groups in total. The number of rotatable bonds is 5. The Morgan fingerprint density at radius 3 is 1.25 bits per heavy atom. The van der Waals surface area contributed by atoms with E-state index in [1.54, 1.807) is 0 Å². The number of hydrogen-bond acceptors (Lipinski definition) is 2. The Kier molecular flexibility index (Phi) is 4.72. The number of carboxylic acids is 1. The molecule has 0 aromatic heterocycles. The molecule has 3 heteroatoms. The summed E-state index contributed by atoms with van der Waals surface area (Å²) in [5.74, 6) is -0.949. The summed E-state index contributed by atoms with van der Waals surface area (Å²) in [6.45, 7) is 0. The fourth-order valence-corrected chi connectivity index (χ4v) is 3.71. The third-order valence-electron chi connectivity index (χ3n) is 4.33. The van der Waals surface area contributed by atoms with Crippen LogP contribution in [0.5, 0.6) is 0 Å². The molecular weight excluding hydrogens is 316 g/mol. The van der Waals surface area contributed by atoms with E-state index in [4.69, 9.17) is 0 Å². The van der Waals surface area contributed by atoms with E-state index in [1.165, 1.54) is 0 Å². The van der Waals surface area contributed by atoms with E-state index in [2.05, 4.69) is 12.6 Å². The first kappa shape index (κ1) is 16.3. The van der Waals surface area contributed by atoms with E-state index >= 15 is 0 Å². The molecule has 1 atom stereocenters. The second kappa shape index (κ2) is 6.93. The van der Waals surface area contributed by atoms with Gasteiger partial charge in [-0.05, 0) is 16.7 Å². The maximum atomic E-state index is 12.0. The summed E-state index contributed by atoms with van der Waals surface area (Å²) in [4.78, 5) is 12.0. The van der Waals surface area contributed by atoms with E-state index in [0.29, 0.717) is 0 Å². The van der Waals surface area contributed by atoms with Gasteiger partial charge in [0.2, 0.25) is 0 Å². The van der Waals surface area contributed by atoms with Gasteiger partial charge >= 0.3 is 5.97 Å². The maximum Gasteiger partial charge on any atom is 0.317 e. The predicted octanol–water partition coefficient (Wildman–Crippen LogP) is 4.40.